The number of fused-ring (bicyclic) bond motifs is 1. The highest BCUT2D eigenvalue weighted by Crippen LogP contribution is 2.43. The number of benzene rings is 2. The minimum absolute atomic E-state index is 0.0507. The molecule has 0 spiro atoms. The Morgan fingerprint density at radius 3 is 2.39 bits per heavy atom. The second-order valence-electron chi connectivity index (χ2n) is 9.46. The first-order chi connectivity index (χ1) is 15.7. The van der Waals surface area contributed by atoms with Gasteiger partial charge in [-0.2, -0.15) is 0 Å². The van der Waals surface area contributed by atoms with Crippen LogP contribution in [0.2, 0.25) is 0 Å². The van der Waals surface area contributed by atoms with Gasteiger partial charge in [0.05, 0.1) is 5.69 Å². The van der Waals surface area contributed by atoms with Gasteiger partial charge >= 0.3 is 6.03 Å². The van der Waals surface area contributed by atoms with E-state index in [1.54, 1.807) is 18.2 Å². The van der Waals surface area contributed by atoms with Gasteiger partial charge in [0.15, 0.2) is 0 Å². The highest BCUT2D eigenvalue weighted by atomic mass is 16.2. The molecule has 0 radical (unpaired) electrons. The molecule has 6 heteroatoms. The van der Waals surface area contributed by atoms with Crippen LogP contribution in [0, 0.1) is 0 Å². The fourth-order valence-electron chi connectivity index (χ4n) is 5.14. The minimum atomic E-state index is -0.730. The maximum absolute atomic E-state index is 13.2. The van der Waals surface area contributed by atoms with Gasteiger partial charge in [0.25, 0.3) is 11.8 Å². The second kappa shape index (κ2) is 8.50. The van der Waals surface area contributed by atoms with Crippen LogP contribution in [0.4, 0.5) is 16.2 Å². The zero-order valence-corrected chi connectivity index (χ0v) is 19.9. The molecule has 2 heterocycles. The molecule has 4 rings (SSSR count). The molecule has 1 fully saturated rings. The van der Waals surface area contributed by atoms with Gasteiger partial charge < -0.3 is 4.90 Å². The Bertz CT molecular complexity index is 1150. The summed E-state index contributed by atoms with van der Waals surface area (Å²) >= 11 is 0. The van der Waals surface area contributed by atoms with Crippen LogP contribution >= 0.6 is 0 Å². The topological polar surface area (TPSA) is 69.7 Å². The second-order valence-corrected chi connectivity index (χ2v) is 9.46. The van der Waals surface area contributed by atoms with E-state index in [-0.39, 0.29) is 11.1 Å². The Hall–Kier alpha value is -3.41. The van der Waals surface area contributed by atoms with Gasteiger partial charge in [-0.25, -0.2) is 9.69 Å². The molecule has 1 saturated heterocycles. The maximum Gasteiger partial charge on any atom is 0.335 e. The van der Waals surface area contributed by atoms with Crippen molar-refractivity contribution in [3.05, 3.63) is 64.7 Å². The Morgan fingerprint density at radius 1 is 1.06 bits per heavy atom. The number of hydrogen-bond acceptors (Lipinski definition) is 4. The molecule has 2 aromatic rings. The summed E-state index contributed by atoms with van der Waals surface area (Å²) in [5, 5.41) is 2.31. The molecule has 4 amide bonds. The maximum atomic E-state index is 13.2. The summed E-state index contributed by atoms with van der Waals surface area (Å²) in [6.07, 6.45) is 3.46. The number of barbiturate groups is 1. The van der Waals surface area contributed by atoms with Crippen molar-refractivity contribution < 1.29 is 14.4 Å². The number of carbonyl (C=O) groups is 3. The number of hydrogen-bond donors (Lipinski definition) is 1. The van der Waals surface area contributed by atoms with E-state index in [0.717, 1.165) is 35.4 Å². The van der Waals surface area contributed by atoms with Crippen molar-refractivity contribution in [2.75, 3.05) is 16.3 Å². The number of urea groups is 1. The predicted molar refractivity (Wildman–Crippen MR) is 131 cm³/mol. The van der Waals surface area contributed by atoms with E-state index >= 15 is 0 Å². The summed E-state index contributed by atoms with van der Waals surface area (Å²) in [5.41, 5.74) is 4.72. The average molecular weight is 446 g/mol. The quantitative estimate of drug-likeness (QED) is 0.530. The minimum Gasteiger partial charge on any atom is -0.366 e. The van der Waals surface area contributed by atoms with Crippen LogP contribution in [0.25, 0.3) is 6.08 Å². The van der Waals surface area contributed by atoms with E-state index < -0.39 is 17.8 Å². The highest BCUT2D eigenvalue weighted by molar-refractivity contribution is 6.39. The van der Waals surface area contributed by atoms with Crippen LogP contribution in [0.15, 0.2) is 48.0 Å². The molecule has 172 valence electrons. The largest absolute Gasteiger partial charge is 0.366 e. The zero-order valence-electron chi connectivity index (χ0n) is 19.9. The molecular weight excluding hydrogens is 414 g/mol. The van der Waals surface area contributed by atoms with Gasteiger partial charge in [0, 0.05) is 17.8 Å². The lowest BCUT2D eigenvalue weighted by molar-refractivity contribution is -0.122. The van der Waals surface area contributed by atoms with E-state index in [2.05, 4.69) is 50.0 Å². The Labute approximate surface area is 195 Å². The summed E-state index contributed by atoms with van der Waals surface area (Å²) in [7, 11) is 0. The number of imide groups is 2. The van der Waals surface area contributed by atoms with E-state index in [4.69, 9.17) is 0 Å². The van der Waals surface area contributed by atoms with Gasteiger partial charge in [-0.3, -0.25) is 14.9 Å². The highest BCUT2D eigenvalue weighted by Gasteiger charge is 2.38. The van der Waals surface area contributed by atoms with E-state index in [9.17, 15) is 14.4 Å². The van der Waals surface area contributed by atoms with E-state index in [0.29, 0.717) is 11.6 Å². The summed E-state index contributed by atoms with van der Waals surface area (Å²) < 4.78 is 0. The van der Waals surface area contributed by atoms with Gasteiger partial charge in [0.2, 0.25) is 0 Å². The smallest absolute Gasteiger partial charge is 0.335 e. The first-order valence-corrected chi connectivity index (χ1v) is 11.6. The van der Waals surface area contributed by atoms with Crippen LogP contribution in [0.5, 0.6) is 0 Å². The number of rotatable bonds is 4. The fourth-order valence-corrected chi connectivity index (χ4v) is 5.14. The zero-order chi connectivity index (χ0) is 23.9. The summed E-state index contributed by atoms with van der Waals surface area (Å²) in [5.74, 6) is -0.939. The normalized spacial score (nSPS) is 21.3. The fraction of sp³-hybridized carbons (Fsp3) is 0.370. The number of aryl methyl sites for hydroxylation is 1. The van der Waals surface area contributed by atoms with Crippen molar-refractivity contribution in [2.24, 2.45) is 0 Å². The molecule has 0 aliphatic carbocycles. The first kappa shape index (κ1) is 22.8. The van der Waals surface area contributed by atoms with Crippen molar-refractivity contribution in [1.82, 2.24) is 5.32 Å². The molecule has 0 aromatic heterocycles. The number of nitrogens with one attached hydrogen (secondary N) is 1. The average Bonchev–Trinajstić information content (AvgIpc) is 2.77. The molecule has 1 atom stereocenters. The molecule has 1 N–H and O–H groups in total. The van der Waals surface area contributed by atoms with Crippen LogP contribution in [0.3, 0.4) is 0 Å². The Kier molecular flexibility index (Phi) is 5.87. The van der Waals surface area contributed by atoms with Crippen LogP contribution in [0.1, 0.15) is 63.6 Å². The SMILES string of the molecule is CCc1ccc(N2C(=O)NC(=O)/C(=C\c3ccc4c(c3)[C@H](C)CC(C)(C)N4CC)C2=O)cc1. The summed E-state index contributed by atoms with van der Waals surface area (Å²) in [4.78, 5) is 41.7. The van der Waals surface area contributed by atoms with Gasteiger partial charge in [-0.15, -0.1) is 0 Å². The third-order valence-corrected chi connectivity index (χ3v) is 6.74. The molecule has 33 heavy (non-hydrogen) atoms. The lowest BCUT2D eigenvalue weighted by Crippen LogP contribution is -2.54. The molecule has 2 aliphatic heterocycles. The van der Waals surface area contributed by atoms with Gasteiger partial charge in [-0.1, -0.05) is 32.0 Å². The number of carbonyl (C=O) groups excluding carboxylic acids is 3. The molecule has 0 saturated carbocycles. The van der Waals surface area contributed by atoms with Crippen molar-refractivity contribution >= 4 is 35.3 Å². The predicted octanol–water partition coefficient (Wildman–Crippen LogP) is 5.03. The van der Waals surface area contributed by atoms with Crippen LogP contribution < -0.4 is 15.1 Å². The van der Waals surface area contributed by atoms with Crippen molar-refractivity contribution in [2.45, 2.75) is 58.9 Å². The molecule has 6 nitrogen and oxygen atoms in total. The molecular formula is C27H31N3O3. The van der Waals surface area contributed by atoms with Crippen LogP contribution in [-0.4, -0.2) is 29.9 Å². The first-order valence-electron chi connectivity index (χ1n) is 11.6. The number of anilines is 2. The molecule has 0 unspecified atom stereocenters. The molecule has 2 aliphatic rings. The molecule has 2 aromatic carbocycles. The van der Waals surface area contributed by atoms with Crippen LogP contribution in [-0.2, 0) is 16.0 Å². The van der Waals surface area contributed by atoms with Crippen molar-refractivity contribution in [3.63, 3.8) is 0 Å². The standard InChI is InChI=1S/C27H31N3O3/c1-6-18-8-11-20(12-9-18)30-25(32)22(24(31)28-26(30)33)15-19-10-13-23-21(14-19)17(3)16-27(4,5)29(23)7-2/h8-15,17H,6-7,16H2,1-5H3,(H,28,31,33)/b22-15+/t17-/m1/s1. The molecule has 0 bridgehead atoms. The van der Waals surface area contributed by atoms with Gasteiger partial charge in [0.1, 0.15) is 5.57 Å². The third kappa shape index (κ3) is 4.06. The summed E-state index contributed by atoms with van der Waals surface area (Å²) in [6, 6.07) is 12.5. The number of nitrogens with zero attached hydrogens (tertiary/aromatic N) is 2. The monoisotopic (exact) mass is 445 g/mol. The van der Waals surface area contributed by atoms with E-state index in [1.807, 2.05) is 25.1 Å². The Balaban J connectivity index is 1.70. The van der Waals surface area contributed by atoms with E-state index in [1.165, 1.54) is 11.3 Å². The number of amides is 4. The lowest BCUT2D eigenvalue weighted by Gasteiger charge is -2.47. The summed E-state index contributed by atoms with van der Waals surface area (Å²) in [6.45, 7) is 11.8. The van der Waals surface area contributed by atoms with Crippen molar-refractivity contribution in [1.29, 1.82) is 0 Å². The lowest BCUT2D eigenvalue weighted by atomic mass is 9.79. The van der Waals surface area contributed by atoms with Gasteiger partial charge in [-0.05, 0) is 86.6 Å². The Morgan fingerprint density at radius 2 is 1.76 bits per heavy atom. The third-order valence-electron chi connectivity index (χ3n) is 6.74. The van der Waals surface area contributed by atoms with Crippen molar-refractivity contribution in [3.8, 4) is 0 Å².